The molecule has 1 N–H and O–H groups in total. The van der Waals surface area contributed by atoms with E-state index in [2.05, 4.69) is 15.4 Å². The zero-order valence-corrected chi connectivity index (χ0v) is 18.5. The quantitative estimate of drug-likeness (QED) is 0.505. The number of benzene rings is 2. The number of rotatable bonds is 7. The van der Waals surface area contributed by atoms with Gasteiger partial charge >= 0.3 is 0 Å². The normalized spacial score (nSPS) is 23.6. The highest BCUT2D eigenvalue weighted by Crippen LogP contribution is 2.48. The summed E-state index contributed by atoms with van der Waals surface area (Å²) in [6, 6.07) is 10.7. The minimum absolute atomic E-state index is 0. The molecule has 2 aliphatic heterocycles. The molecule has 8 heteroatoms. The van der Waals surface area contributed by atoms with Gasteiger partial charge in [-0.2, -0.15) is 0 Å². The number of ether oxygens (including phenoxy) is 1. The van der Waals surface area contributed by atoms with Crippen LogP contribution in [-0.4, -0.2) is 42.9 Å². The second-order valence-corrected chi connectivity index (χ2v) is 8.78. The summed E-state index contributed by atoms with van der Waals surface area (Å²) in [5, 5.41) is 0. The van der Waals surface area contributed by atoms with E-state index in [1.54, 1.807) is 30.3 Å². The van der Waals surface area contributed by atoms with Gasteiger partial charge in [0.15, 0.2) is 0 Å². The molecule has 2 saturated heterocycles. The maximum atomic E-state index is 14.6. The van der Waals surface area contributed by atoms with Crippen LogP contribution < -0.4 is 10.4 Å². The smallest absolute Gasteiger partial charge is 0.224 e. The predicted octanol–water partition coefficient (Wildman–Crippen LogP) is 5.04. The zero-order valence-electron chi connectivity index (χ0n) is 18.5. The Bertz CT molecular complexity index is 1130. The predicted molar refractivity (Wildman–Crippen MR) is 124 cm³/mol. The van der Waals surface area contributed by atoms with Crippen LogP contribution in [0.25, 0.3) is 11.1 Å². The molecule has 1 aromatic heterocycles. The first-order valence-corrected chi connectivity index (χ1v) is 11.1. The number of nitrogens with one attached hydrogen (secondary N) is 1. The number of nitrogens with zero attached hydrogens (tertiary/aromatic N) is 3. The fraction of sp³-hybridized carbons (Fsp3) is 0.360. The molecule has 0 aliphatic carbocycles. The Kier molecular flexibility index (Phi) is 5.95. The Morgan fingerprint density at radius 2 is 1.76 bits per heavy atom. The first-order valence-electron chi connectivity index (χ1n) is 11.1. The van der Waals surface area contributed by atoms with Crippen LogP contribution in [0.4, 0.5) is 20.4 Å². The summed E-state index contributed by atoms with van der Waals surface area (Å²) in [5.41, 5.74) is 4.78. The van der Waals surface area contributed by atoms with Gasteiger partial charge in [0, 0.05) is 50.9 Å². The van der Waals surface area contributed by atoms with Gasteiger partial charge in [0.25, 0.3) is 0 Å². The van der Waals surface area contributed by atoms with Crippen LogP contribution in [0.3, 0.4) is 0 Å². The van der Waals surface area contributed by atoms with Crippen molar-refractivity contribution in [3.05, 3.63) is 72.1 Å². The molecule has 3 aromatic rings. The molecule has 2 aromatic carbocycles. The molecule has 0 spiro atoms. The lowest BCUT2D eigenvalue weighted by Gasteiger charge is -2.28. The maximum absolute atomic E-state index is 14.6. The minimum Gasteiger partial charge on any atom is -0.374 e. The third-order valence-electron chi connectivity index (χ3n) is 6.47. The monoisotopic (exact) mass is 454 g/mol. The number of aromatic nitrogens is 2. The first kappa shape index (κ1) is 21.7. The lowest BCUT2D eigenvalue weighted by molar-refractivity contribution is 0.0677. The van der Waals surface area contributed by atoms with Crippen molar-refractivity contribution in [2.45, 2.75) is 31.0 Å². The molecule has 2 fully saturated rings. The number of hydrogen-bond donors (Lipinski definition) is 1. The van der Waals surface area contributed by atoms with Crippen LogP contribution in [0.5, 0.6) is 0 Å². The van der Waals surface area contributed by atoms with Crippen molar-refractivity contribution in [2.75, 3.05) is 31.1 Å². The maximum Gasteiger partial charge on any atom is 0.224 e. The summed E-state index contributed by atoms with van der Waals surface area (Å²) < 4.78 is 34.8. The van der Waals surface area contributed by atoms with Crippen molar-refractivity contribution in [1.29, 1.82) is 0 Å². The summed E-state index contributed by atoms with van der Waals surface area (Å²) >= 11 is 0. The second-order valence-electron chi connectivity index (χ2n) is 8.78. The van der Waals surface area contributed by atoms with E-state index in [0.717, 1.165) is 18.4 Å². The van der Waals surface area contributed by atoms with Gasteiger partial charge < -0.3 is 9.64 Å². The Morgan fingerprint density at radius 3 is 2.48 bits per heavy atom. The van der Waals surface area contributed by atoms with E-state index in [0.29, 0.717) is 18.2 Å². The van der Waals surface area contributed by atoms with Gasteiger partial charge in [-0.1, -0.05) is 18.2 Å². The molecule has 0 radical (unpaired) electrons. The molecule has 6 nitrogen and oxygen atoms in total. The lowest BCUT2D eigenvalue weighted by Crippen LogP contribution is -2.30. The molecule has 2 bridgehead atoms. The summed E-state index contributed by atoms with van der Waals surface area (Å²) in [5.74, 6) is -0.0149. The van der Waals surface area contributed by atoms with Gasteiger partial charge in [-0.25, -0.2) is 18.7 Å². The Morgan fingerprint density at radius 1 is 1.03 bits per heavy atom. The molecule has 5 rings (SSSR count). The average molecular weight is 455 g/mol. The van der Waals surface area contributed by atoms with Crippen molar-refractivity contribution in [1.82, 2.24) is 9.97 Å². The molecular weight excluding hydrogens is 426 g/mol. The van der Waals surface area contributed by atoms with Crippen molar-refractivity contribution >= 4 is 11.6 Å². The third kappa shape index (κ3) is 4.28. The molecular formula is C25H28F2N4O2. The minimum atomic E-state index is -0.520. The van der Waals surface area contributed by atoms with Crippen molar-refractivity contribution < 1.29 is 19.8 Å². The van der Waals surface area contributed by atoms with Crippen LogP contribution in [0.1, 0.15) is 25.7 Å². The second kappa shape index (κ2) is 9.03. The van der Waals surface area contributed by atoms with Crippen molar-refractivity contribution in [3.8, 4) is 11.1 Å². The molecule has 33 heavy (non-hydrogen) atoms. The molecule has 0 amide bonds. The van der Waals surface area contributed by atoms with Gasteiger partial charge in [-0.15, -0.1) is 0 Å². The summed E-state index contributed by atoms with van der Waals surface area (Å²) in [4.78, 5) is 16.5. The molecule has 2 aliphatic rings. The van der Waals surface area contributed by atoms with Gasteiger partial charge in [-0.05, 0) is 42.7 Å². The molecule has 174 valence electrons. The first-order chi connectivity index (χ1) is 16.0. The summed E-state index contributed by atoms with van der Waals surface area (Å²) in [7, 11) is 3.81. The van der Waals surface area contributed by atoms with Crippen LogP contribution >= 0.6 is 0 Å². The summed E-state index contributed by atoms with van der Waals surface area (Å²) in [6.45, 7) is 0.401. The highest BCUT2D eigenvalue weighted by molar-refractivity contribution is 5.67. The lowest BCUT2D eigenvalue weighted by atomic mass is 9.77. The Labute approximate surface area is 193 Å². The van der Waals surface area contributed by atoms with E-state index in [-0.39, 0.29) is 36.6 Å². The number of anilines is 2. The van der Waals surface area contributed by atoms with Crippen LogP contribution in [0.15, 0.2) is 54.9 Å². The Hall–Kier alpha value is -3.10. The highest BCUT2D eigenvalue weighted by atomic mass is 19.1. The fourth-order valence-electron chi connectivity index (χ4n) is 4.88. The van der Waals surface area contributed by atoms with Gasteiger partial charge in [0.1, 0.15) is 11.6 Å². The van der Waals surface area contributed by atoms with Gasteiger partial charge in [0.2, 0.25) is 5.95 Å². The van der Waals surface area contributed by atoms with Crippen LogP contribution in [0, 0.1) is 17.6 Å². The zero-order chi connectivity index (χ0) is 22.9. The number of halogens is 2. The van der Waals surface area contributed by atoms with E-state index in [1.165, 1.54) is 12.1 Å². The topological polar surface area (TPSA) is 59.5 Å². The van der Waals surface area contributed by atoms with Crippen molar-refractivity contribution in [3.63, 3.8) is 0 Å². The van der Waals surface area contributed by atoms with E-state index in [1.807, 2.05) is 31.4 Å². The van der Waals surface area contributed by atoms with E-state index < -0.39 is 11.6 Å². The van der Waals surface area contributed by atoms with Crippen LogP contribution in [0.2, 0.25) is 0 Å². The molecule has 3 heterocycles. The highest BCUT2D eigenvalue weighted by Gasteiger charge is 2.49. The van der Waals surface area contributed by atoms with Crippen molar-refractivity contribution in [2.24, 2.45) is 5.92 Å². The molecule has 4 atom stereocenters. The van der Waals surface area contributed by atoms with E-state index >= 15 is 0 Å². The average Bonchev–Trinajstić information content (AvgIpc) is 3.42. The van der Waals surface area contributed by atoms with Crippen LogP contribution in [-0.2, 0) is 9.57 Å². The standard InChI is InChI=1S/C25H26F2N4O2.H2/c1-31(2)25-28-12-15(13-29-25)24-19(22-9-10-23(24)33-22)14-32-30-16-7-8-18(21(27)11-16)17-5-3-4-6-20(17)26;/h3-8,11-13,19,22-24,30H,9-10,14H2,1-2H3;1H/t19-,22+,23-,24-;/m0./s1. The molecule has 0 saturated carbocycles. The number of hydrogen-bond acceptors (Lipinski definition) is 6. The third-order valence-corrected chi connectivity index (χ3v) is 6.47. The van der Waals surface area contributed by atoms with E-state index in [9.17, 15) is 8.78 Å². The largest absolute Gasteiger partial charge is 0.374 e. The number of fused-ring (bicyclic) bond motifs is 2. The Balaban J connectivity index is 0.00000274. The fourth-order valence-corrected chi connectivity index (χ4v) is 4.88. The molecule has 0 unspecified atom stereocenters. The van der Waals surface area contributed by atoms with Gasteiger partial charge in [-0.3, -0.25) is 10.3 Å². The summed E-state index contributed by atoms with van der Waals surface area (Å²) in [6.07, 6.45) is 6.00. The van der Waals surface area contributed by atoms with Gasteiger partial charge in [0.05, 0.1) is 24.5 Å². The van der Waals surface area contributed by atoms with E-state index in [4.69, 9.17) is 9.57 Å². The SMILES string of the molecule is CN(C)c1ncc([C@H]2[C@@H](CONc3ccc(-c4ccccc4F)c(F)c3)[C@H]3CC[C@@H]2O3)cn1.[HH].